The SMILES string of the molecule is C[C@H](Oc1ccc(F)cc1)C(=O)O[C@H](C)C(=O)Nc1ccc(N2CCOCC2)cc1. The highest BCUT2D eigenvalue weighted by Gasteiger charge is 2.23. The number of anilines is 2. The molecule has 0 bridgehead atoms. The number of carbonyl (C=O) groups is 2. The first-order chi connectivity index (χ1) is 14.4. The van der Waals surface area contributed by atoms with E-state index in [1.807, 2.05) is 12.1 Å². The first-order valence-corrected chi connectivity index (χ1v) is 9.79. The van der Waals surface area contributed by atoms with Crippen molar-refractivity contribution in [2.45, 2.75) is 26.1 Å². The number of morpholine rings is 1. The van der Waals surface area contributed by atoms with Crippen molar-refractivity contribution in [1.29, 1.82) is 0 Å². The van der Waals surface area contributed by atoms with Crippen molar-refractivity contribution in [2.24, 2.45) is 0 Å². The normalized spacial score (nSPS) is 15.8. The lowest BCUT2D eigenvalue weighted by Gasteiger charge is -2.29. The number of esters is 1. The molecule has 0 radical (unpaired) electrons. The van der Waals surface area contributed by atoms with E-state index < -0.39 is 29.9 Å². The predicted molar refractivity (Wildman–Crippen MR) is 110 cm³/mol. The van der Waals surface area contributed by atoms with Gasteiger partial charge in [-0.15, -0.1) is 0 Å². The largest absolute Gasteiger partial charge is 0.479 e. The summed E-state index contributed by atoms with van der Waals surface area (Å²) in [4.78, 5) is 26.7. The van der Waals surface area contributed by atoms with Crippen LogP contribution in [0, 0.1) is 5.82 Å². The predicted octanol–water partition coefficient (Wildman–Crippen LogP) is 3.00. The fraction of sp³-hybridized carbons (Fsp3) is 0.364. The second-order valence-corrected chi connectivity index (χ2v) is 6.93. The molecule has 3 rings (SSSR count). The lowest BCUT2D eigenvalue weighted by molar-refractivity contribution is -0.159. The van der Waals surface area contributed by atoms with Gasteiger partial charge in [-0.05, 0) is 62.4 Å². The van der Waals surface area contributed by atoms with Gasteiger partial charge in [0.2, 0.25) is 0 Å². The minimum atomic E-state index is -1.00. The Balaban J connectivity index is 1.48. The Hall–Kier alpha value is -3.13. The number of halogens is 1. The number of carbonyl (C=O) groups excluding carboxylic acids is 2. The summed E-state index contributed by atoms with van der Waals surface area (Å²) in [5.41, 5.74) is 1.66. The smallest absolute Gasteiger partial charge is 0.347 e. The standard InChI is InChI=1S/C22H25FN2O5/c1-15(30-22(27)16(2)29-20-9-3-17(23)4-10-20)21(26)24-18-5-7-19(8-6-18)25-11-13-28-14-12-25/h3-10,15-16H,11-14H2,1-2H3,(H,24,26)/t15-,16+/m1/s1. The zero-order chi connectivity index (χ0) is 21.5. The molecule has 1 aliphatic heterocycles. The maximum absolute atomic E-state index is 12.9. The van der Waals surface area contributed by atoms with E-state index in [0.29, 0.717) is 24.7 Å². The van der Waals surface area contributed by atoms with Gasteiger partial charge >= 0.3 is 5.97 Å². The average Bonchev–Trinajstić information content (AvgIpc) is 2.76. The molecule has 2 atom stereocenters. The number of nitrogens with one attached hydrogen (secondary N) is 1. The molecular weight excluding hydrogens is 391 g/mol. The third kappa shape index (κ3) is 5.93. The van der Waals surface area contributed by atoms with E-state index in [2.05, 4.69) is 10.2 Å². The Morgan fingerprint density at radius 2 is 1.63 bits per heavy atom. The van der Waals surface area contributed by atoms with E-state index in [4.69, 9.17) is 14.2 Å². The molecule has 160 valence electrons. The summed E-state index contributed by atoms with van der Waals surface area (Å²) in [5, 5.41) is 2.73. The third-order valence-corrected chi connectivity index (χ3v) is 4.63. The number of hydrogen-bond donors (Lipinski definition) is 1. The molecule has 0 unspecified atom stereocenters. The first-order valence-electron chi connectivity index (χ1n) is 9.79. The quantitative estimate of drug-likeness (QED) is 0.700. The molecule has 7 nitrogen and oxygen atoms in total. The molecule has 1 heterocycles. The molecular formula is C22H25FN2O5. The van der Waals surface area contributed by atoms with Crippen LogP contribution in [0.1, 0.15) is 13.8 Å². The molecule has 0 spiro atoms. The van der Waals surface area contributed by atoms with Gasteiger partial charge in [0.1, 0.15) is 11.6 Å². The van der Waals surface area contributed by atoms with Crippen LogP contribution in [-0.4, -0.2) is 50.4 Å². The summed E-state index contributed by atoms with van der Waals surface area (Å²) in [6.07, 6.45) is -1.95. The zero-order valence-electron chi connectivity index (χ0n) is 17.0. The van der Waals surface area contributed by atoms with Crippen LogP contribution in [0.25, 0.3) is 0 Å². The van der Waals surface area contributed by atoms with Crippen LogP contribution in [0.2, 0.25) is 0 Å². The molecule has 30 heavy (non-hydrogen) atoms. The van der Waals surface area contributed by atoms with Crippen molar-refractivity contribution in [3.63, 3.8) is 0 Å². The fourth-order valence-corrected chi connectivity index (χ4v) is 2.91. The Labute approximate surface area is 174 Å². The fourth-order valence-electron chi connectivity index (χ4n) is 2.91. The van der Waals surface area contributed by atoms with Crippen molar-refractivity contribution in [2.75, 3.05) is 36.5 Å². The molecule has 1 aliphatic rings. The van der Waals surface area contributed by atoms with Gasteiger partial charge in [0.25, 0.3) is 5.91 Å². The molecule has 8 heteroatoms. The molecule has 2 aromatic rings. The summed E-state index contributed by atoms with van der Waals surface area (Å²) in [6.45, 7) is 6.05. The molecule has 0 saturated carbocycles. The molecule has 0 aromatic heterocycles. The van der Waals surface area contributed by atoms with Crippen LogP contribution < -0.4 is 15.0 Å². The second-order valence-electron chi connectivity index (χ2n) is 6.93. The van der Waals surface area contributed by atoms with Crippen molar-refractivity contribution in [1.82, 2.24) is 0 Å². The van der Waals surface area contributed by atoms with Gasteiger partial charge in [-0.1, -0.05) is 0 Å². The van der Waals surface area contributed by atoms with Gasteiger partial charge in [-0.25, -0.2) is 9.18 Å². The van der Waals surface area contributed by atoms with E-state index in [-0.39, 0.29) is 0 Å². The topological polar surface area (TPSA) is 77.1 Å². The number of ether oxygens (including phenoxy) is 3. The lowest BCUT2D eigenvalue weighted by atomic mass is 10.2. The number of nitrogens with zero attached hydrogens (tertiary/aromatic N) is 1. The van der Waals surface area contributed by atoms with E-state index in [1.165, 1.54) is 38.1 Å². The maximum atomic E-state index is 12.9. The minimum absolute atomic E-state index is 0.332. The Bertz CT molecular complexity index is 851. The summed E-state index contributed by atoms with van der Waals surface area (Å²) in [7, 11) is 0. The first kappa shape index (κ1) is 21.6. The highest BCUT2D eigenvalue weighted by molar-refractivity contribution is 5.95. The zero-order valence-corrected chi connectivity index (χ0v) is 17.0. The van der Waals surface area contributed by atoms with Crippen LogP contribution in [0.15, 0.2) is 48.5 Å². The Morgan fingerprint density at radius 3 is 2.27 bits per heavy atom. The van der Waals surface area contributed by atoms with E-state index in [0.717, 1.165) is 18.8 Å². The van der Waals surface area contributed by atoms with Crippen LogP contribution in [0.3, 0.4) is 0 Å². The monoisotopic (exact) mass is 416 g/mol. The van der Waals surface area contributed by atoms with E-state index >= 15 is 0 Å². The Morgan fingerprint density at radius 1 is 1.00 bits per heavy atom. The van der Waals surface area contributed by atoms with Crippen LogP contribution >= 0.6 is 0 Å². The average molecular weight is 416 g/mol. The van der Waals surface area contributed by atoms with Gasteiger partial charge in [0.05, 0.1) is 13.2 Å². The molecule has 1 saturated heterocycles. The molecule has 0 aliphatic carbocycles. The number of benzene rings is 2. The van der Waals surface area contributed by atoms with Gasteiger partial charge in [0.15, 0.2) is 12.2 Å². The summed E-state index contributed by atoms with van der Waals surface area (Å²) in [6, 6.07) is 12.7. The van der Waals surface area contributed by atoms with E-state index in [1.54, 1.807) is 12.1 Å². The van der Waals surface area contributed by atoms with Crippen molar-refractivity contribution >= 4 is 23.3 Å². The third-order valence-electron chi connectivity index (χ3n) is 4.63. The number of rotatable bonds is 7. The Kier molecular flexibility index (Phi) is 7.24. The van der Waals surface area contributed by atoms with Crippen molar-refractivity contribution in [3.8, 4) is 5.75 Å². The highest BCUT2D eigenvalue weighted by Crippen LogP contribution is 2.19. The maximum Gasteiger partial charge on any atom is 0.347 e. The van der Waals surface area contributed by atoms with Crippen molar-refractivity contribution < 1.29 is 28.2 Å². The molecule has 1 N–H and O–H groups in total. The molecule has 1 fully saturated rings. The highest BCUT2D eigenvalue weighted by atomic mass is 19.1. The van der Waals surface area contributed by atoms with E-state index in [9.17, 15) is 14.0 Å². The summed E-state index contributed by atoms with van der Waals surface area (Å²) < 4.78 is 28.9. The second kappa shape index (κ2) is 10.1. The van der Waals surface area contributed by atoms with Crippen molar-refractivity contribution in [3.05, 3.63) is 54.3 Å². The van der Waals surface area contributed by atoms with Crippen LogP contribution in [0.5, 0.6) is 5.75 Å². The van der Waals surface area contributed by atoms with Gasteiger partial charge < -0.3 is 24.4 Å². The molecule has 1 amide bonds. The minimum Gasteiger partial charge on any atom is -0.479 e. The lowest BCUT2D eigenvalue weighted by Crippen LogP contribution is -2.36. The van der Waals surface area contributed by atoms with Crippen LogP contribution in [-0.2, 0) is 19.1 Å². The van der Waals surface area contributed by atoms with Gasteiger partial charge in [-0.3, -0.25) is 4.79 Å². The summed E-state index contributed by atoms with van der Waals surface area (Å²) >= 11 is 0. The number of amides is 1. The van der Waals surface area contributed by atoms with Gasteiger partial charge in [-0.2, -0.15) is 0 Å². The van der Waals surface area contributed by atoms with Gasteiger partial charge in [0, 0.05) is 24.5 Å². The number of hydrogen-bond acceptors (Lipinski definition) is 6. The molecule has 2 aromatic carbocycles. The van der Waals surface area contributed by atoms with Crippen LogP contribution in [0.4, 0.5) is 15.8 Å². The summed E-state index contributed by atoms with van der Waals surface area (Å²) in [5.74, 6) is -1.21.